The first-order valence-corrected chi connectivity index (χ1v) is 5.17. The second kappa shape index (κ2) is 4.22. The highest BCUT2D eigenvalue weighted by molar-refractivity contribution is 7.49. The van der Waals surface area contributed by atoms with E-state index in [1.165, 1.54) is 0 Å². The fraction of sp³-hybridized carbons (Fsp3) is 0.857. The summed E-state index contributed by atoms with van der Waals surface area (Å²) in [6.45, 7) is 4.93. The summed E-state index contributed by atoms with van der Waals surface area (Å²) < 4.78 is 24.8. The second-order valence-corrected chi connectivity index (χ2v) is 5.25. The zero-order valence-corrected chi connectivity index (χ0v) is 9.38. The van der Waals surface area contributed by atoms with Crippen molar-refractivity contribution in [1.29, 1.82) is 0 Å². The minimum absolute atomic E-state index is 0.625. The average molecular weight is 210 g/mol. The smallest absolute Gasteiger partial charge is 0.370 e. The van der Waals surface area contributed by atoms with Crippen LogP contribution in [0, 0.1) is 5.41 Å². The first kappa shape index (κ1) is 12.6. The second-order valence-electron chi connectivity index (χ2n) is 3.44. The maximum atomic E-state index is 11.3. The molecule has 0 aliphatic heterocycles. The summed E-state index contributed by atoms with van der Waals surface area (Å²) in [5, 5.41) is 0. The summed E-state index contributed by atoms with van der Waals surface area (Å²) in [4.78, 5) is 11.2. The lowest BCUT2D eigenvalue weighted by Gasteiger charge is -2.19. The van der Waals surface area contributed by atoms with Crippen LogP contribution in [0.1, 0.15) is 20.8 Å². The number of carbonyl (C=O) groups excluding carboxylic acids is 1. The van der Waals surface area contributed by atoms with Gasteiger partial charge >= 0.3 is 13.8 Å². The SMILES string of the molecule is COP(=O)(OC)OC(=O)C(C)(C)C. The molecule has 78 valence electrons. The molecule has 0 radical (unpaired) electrons. The Morgan fingerprint density at radius 2 is 1.54 bits per heavy atom. The van der Waals surface area contributed by atoms with Crippen molar-refractivity contribution in [1.82, 2.24) is 0 Å². The zero-order valence-electron chi connectivity index (χ0n) is 8.49. The molecule has 13 heavy (non-hydrogen) atoms. The molecule has 0 saturated heterocycles. The van der Waals surface area contributed by atoms with E-state index < -0.39 is 19.2 Å². The number of hydrogen-bond donors (Lipinski definition) is 0. The maximum Gasteiger partial charge on any atom is 0.531 e. The molecule has 0 atom stereocenters. The van der Waals surface area contributed by atoms with Gasteiger partial charge in [-0.1, -0.05) is 0 Å². The van der Waals surface area contributed by atoms with Crippen LogP contribution in [-0.2, 0) is 22.9 Å². The first-order chi connectivity index (χ1) is 5.75. The molecule has 0 bridgehead atoms. The van der Waals surface area contributed by atoms with Crippen LogP contribution in [0.4, 0.5) is 0 Å². The highest BCUT2D eigenvalue weighted by Crippen LogP contribution is 2.48. The fourth-order valence-corrected chi connectivity index (χ4v) is 1.16. The highest BCUT2D eigenvalue weighted by Gasteiger charge is 2.33. The monoisotopic (exact) mass is 210 g/mol. The lowest BCUT2D eigenvalue weighted by molar-refractivity contribution is -0.144. The van der Waals surface area contributed by atoms with Crippen LogP contribution in [0.5, 0.6) is 0 Å². The van der Waals surface area contributed by atoms with Gasteiger partial charge in [-0.15, -0.1) is 0 Å². The van der Waals surface area contributed by atoms with Crippen molar-refractivity contribution in [3.63, 3.8) is 0 Å². The molecule has 0 aromatic carbocycles. The quantitative estimate of drug-likeness (QED) is 0.666. The van der Waals surface area contributed by atoms with Crippen LogP contribution in [-0.4, -0.2) is 20.2 Å². The standard InChI is InChI=1S/C7H15O5P/c1-7(2,3)6(8)12-13(9,10-4)11-5/h1-5H3. The maximum absolute atomic E-state index is 11.3. The summed E-state index contributed by atoms with van der Waals surface area (Å²) in [6.07, 6.45) is 0. The van der Waals surface area contributed by atoms with Crippen LogP contribution >= 0.6 is 7.82 Å². The molecule has 5 nitrogen and oxygen atoms in total. The Balaban J connectivity index is 4.45. The minimum Gasteiger partial charge on any atom is -0.370 e. The Hall–Kier alpha value is -0.380. The summed E-state index contributed by atoms with van der Waals surface area (Å²) >= 11 is 0. The van der Waals surface area contributed by atoms with Gasteiger partial charge in [0.15, 0.2) is 0 Å². The predicted octanol–water partition coefficient (Wildman–Crippen LogP) is 1.98. The predicted molar refractivity (Wildman–Crippen MR) is 47.2 cm³/mol. The molecule has 0 saturated carbocycles. The van der Waals surface area contributed by atoms with Gasteiger partial charge in [0.05, 0.1) is 5.41 Å². The Labute approximate surface area is 78.0 Å². The van der Waals surface area contributed by atoms with E-state index in [-0.39, 0.29) is 0 Å². The van der Waals surface area contributed by atoms with Crippen molar-refractivity contribution in [3.8, 4) is 0 Å². The molecule has 0 aliphatic carbocycles. The van der Waals surface area contributed by atoms with E-state index in [2.05, 4.69) is 13.6 Å². The molecule has 0 N–H and O–H groups in total. The van der Waals surface area contributed by atoms with E-state index >= 15 is 0 Å². The van der Waals surface area contributed by atoms with Crippen LogP contribution in [0.3, 0.4) is 0 Å². The molecule has 0 heterocycles. The van der Waals surface area contributed by atoms with Crippen molar-refractivity contribution in [2.75, 3.05) is 14.2 Å². The van der Waals surface area contributed by atoms with Gasteiger partial charge in [-0.3, -0.25) is 13.8 Å². The molecule has 0 amide bonds. The van der Waals surface area contributed by atoms with Gasteiger partial charge in [-0.25, -0.2) is 4.57 Å². The molecular formula is C7H15O5P. The molecule has 0 fully saturated rings. The topological polar surface area (TPSA) is 61.8 Å². The molecule has 0 unspecified atom stereocenters. The highest BCUT2D eigenvalue weighted by atomic mass is 31.2. The third-order valence-corrected chi connectivity index (χ3v) is 2.54. The lowest BCUT2D eigenvalue weighted by Crippen LogP contribution is -2.22. The Morgan fingerprint density at radius 3 is 1.77 bits per heavy atom. The van der Waals surface area contributed by atoms with Crippen molar-refractivity contribution in [3.05, 3.63) is 0 Å². The Morgan fingerprint density at radius 1 is 1.15 bits per heavy atom. The minimum atomic E-state index is -3.68. The van der Waals surface area contributed by atoms with E-state index in [9.17, 15) is 9.36 Å². The van der Waals surface area contributed by atoms with Gasteiger partial charge < -0.3 is 4.52 Å². The van der Waals surface area contributed by atoms with Gasteiger partial charge in [0, 0.05) is 14.2 Å². The molecule has 0 aromatic heterocycles. The molecule has 0 aliphatic rings. The molecule has 0 aromatic rings. The van der Waals surface area contributed by atoms with Crippen molar-refractivity contribution >= 4 is 13.8 Å². The van der Waals surface area contributed by atoms with Gasteiger partial charge in [0.1, 0.15) is 0 Å². The Bertz CT molecular complexity index is 222. The number of phosphoric acid groups is 1. The summed E-state index contributed by atoms with van der Waals surface area (Å²) in [7, 11) is -1.38. The van der Waals surface area contributed by atoms with Gasteiger partial charge in [-0.05, 0) is 20.8 Å². The average Bonchev–Trinajstić information content (AvgIpc) is 2.02. The molecule has 0 spiro atoms. The van der Waals surface area contributed by atoms with Crippen LogP contribution < -0.4 is 0 Å². The van der Waals surface area contributed by atoms with Crippen LogP contribution in [0.15, 0.2) is 0 Å². The molecule has 0 rings (SSSR count). The lowest BCUT2D eigenvalue weighted by atomic mass is 9.98. The van der Waals surface area contributed by atoms with Crippen molar-refractivity contribution in [2.45, 2.75) is 20.8 Å². The number of rotatable bonds is 3. The fourth-order valence-electron chi connectivity index (χ4n) is 0.388. The van der Waals surface area contributed by atoms with Gasteiger partial charge in [0.25, 0.3) is 0 Å². The van der Waals surface area contributed by atoms with E-state index in [0.717, 1.165) is 14.2 Å². The zero-order chi connectivity index (χ0) is 10.7. The van der Waals surface area contributed by atoms with Gasteiger partial charge in [0.2, 0.25) is 0 Å². The summed E-state index contributed by atoms with van der Waals surface area (Å²) in [5.41, 5.74) is -0.729. The third-order valence-electron chi connectivity index (χ3n) is 1.25. The number of phosphoric ester groups is 1. The first-order valence-electron chi connectivity index (χ1n) is 3.71. The summed E-state index contributed by atoms with van der Waals surface area (Å²) in [5.74, 6) is -0.625. The van der Waals surface area contributed by atoms with E-state index in [0.29, 0.717) is 0 Å². The van der Waals surface area contributed by atoms with Crippen molar-refractivity contribution in [2.24, 2.45) is 5.41 Å². The van der Waals surface area contributed by atoms with Gasteiger partial charge in [-0.2, -0.15) is 0 Å². The van der Waals surface area contributed by atoms with Crippen molar-refractivity contribution < 1.29 is 22.9 Å². The molecule has 6 heteroatoms. The van der Waals surface area contributed by atoms with E-state index in [1.54, 1.807) is 20.8 Å². The summed E-state index contributed by atoms with van der Waals surface area (Å²) in [6, 6.07) is 0. The van der Waals surface area contributed by atoms with Crippen LogP contribution in [0.25, 0.3) is 0 Å². The third kappa shape index (κ3) is 3.89. The Kier molecular flexibility index (Phi) is 4.10. The number of carbonyl (C=O) groups is 1. The van der Waals surface area contributed by atoms with E-state index in [4.69, 9.17) is 0 Å². The largest absolute Gasteiger partial charge is 0.531 e. The normalized spacial score (nSPS) is 12.7. The van der Waals surface area contributed by atoms with E-state index in [1.807, 2.05) is 0 Å². The molecular weight excluding hydrogens is 195 g/mol. The van der Waals surface area contributed by atoms with Crippen LogP contribution in [0.2, 0.25) is 0 Å². The number of hydrogen-bond acceptors (Lipinski definition) is 5.